The molecule has 1 aromatic rings. The first-order valence-corrected chi connectivity index (χ1v) is 6.91. The predicted octanol–water partition coefficient (Wildman–Crippen LogP) is 2.23. The molecule has 1 saturated heterocycles. The Labute approximate surface area is 131 Å². The molecule has 1 fully saturated rings. The summed E-state index contributed by atoms with van der Waals surface area (Å²) >= 11 is 5.11. The SMILES string of the molecule is O=C(Cl)OC1C[C@@H](C(=O)O)N(C(=O)OCc2ccccc2)C1. The predicted molar refractivity (Wildman–Crippen MR) is 75.5 cm³/mol. The van der Waals surface area contributed by atoms with E-state index in [1.807, 2.05) is 6.07 Å². The van der Waals surface area contributed by atoms with Crippen molar-refractivity contribution in [2.24, 2.45) is 0 Å². The topological polar surface area (TPSA) is 93.1 Å². The summed E-state index contributed by atoms with van der Waals surface area (Å²) in [7, 11) is 0. The van der Waals surface area contributed by atoms with Crippen molar-refractivity contribution in [1.82, 2.24) is 4.90 Å². The number of benzene rings is 1. The highest BCUT2D eigenvalue weighted by Gasteiger charge is 2.42. The Bertz CT molecular complexity index is 564. The summed E-state index contributed by atoms with van der Waals surface area (Å²) in [6.45, 7) is -0.0362. The van der Waals surface area contributed by atoms with Crippen LogP contribution in [0, 0.1) is 0 Å². The maximum atomic E-state index is 12.0. The Balaban J connectivity index is 1.97. The maximum absolute atomic E-state index is 12.0. The Morgan fingerprint density at radius 1 is 1.27 bits per heavy atom. The number of carbonyl (C=O) groups excluding carboxylic acids is 2. The monoisotopic (exact) mass is 327 g/mol. The second kappa shape index (κ2) is 7.13. The standard InChI is InChI=1S/C14H14ClNO6/c15-13(19)22-10-6-11(12(17)18)16(7-10)14(20)21-8-9-4-2-1-3-5-9/h1-5,10-11H,6-8H2,(H,17,18)/t10?,11-/m0/s1. The number of rotatable bonds is 4. The highest BCUT2D eigenvalue weighted by atomic mass is 35.5. The Morgan fingerprint density at radius 2 is 1.95 bits per heavy atom. The van der Waals surface area contributed by atoms with Crippen LogP contribution in [0.2, 0.25) is 0 Å². The molecule has 0 saturated carbocycles. The number of aliphatic carboxylic acids is 1. The fraction of sp³-hybridized carbons (Fsp3) is 0.357. The molecule has 2 rings (SSSR count). The van der Waals surface area contributed by atoms with Crippen molar-refractivity contribution in [3.63, 3.8) is 0 Å². The number of likely N-dealkylation sites (tertiary alicyclic amines) is 1. The minimum Gasteiger partial charge on any atom is -0.480 e. The molecule has 1 aliphatic heterocycles. The highest BCUT2D eigenvalue weighted by molar-refractivity contribution is 6.61. The van der Waals surface area contributed by atoms with Gasteiger partial charge < -0.3 is 14.6 Å². The van der Waals surface area contributed by atoms with E-state index < -0.39 is 29.6 Å². The van der Waals surface area contributed by atoms with Gasteiger partial charge in [-0.15, -0.1) is 0 Å². The summed E-state index contributed by atoms with van der Waals surface area (Å²) in [5.41, 5.74) is -0.251. The Hall–Kier alpha value is -2.28. The van der Waals surface area contributed by atoms with Crippen LogP contribution < -0.4 is 0 Å². The first-order valence-electron chi connectivity index (χ1n) is 6.53. The Kier molecular flexibility index (Phi) is 5.21. The summed E-state index contributed by atoms with van der Waals surface area (Å²) in [4.78, 5) is 35.0. The van der Waals surface area contributed by atoms with Gasteiger partial charge in [-0.2, -0.15) is 0 Å². The van der Waals surface area contributed by atoms with Crippen molar-refractivity contribution in [3.05, 3.63) is 35.9 Å². The first kappa shape index (κ1) is 16.1. The van der Waals surface area contributed by atoms with Crippen molar-refractivity contribution in [1.29, 1.82) is 0 Å². The lowest BCUT2D eigenvalue weighted by molar-refractivity contribution is -0.141. The molecule has 0 aliphatic carbocycles. The molecule has 0 aromatic heterocycles. The lowest BCUT2D eigenvalue weighted by Crippen LogP contribution is -2.40. The van der Waals surface area contributed by atoms with Gasteiger partial charge in [0, 0.05) is 18.0 Å². The molecule has 0 bridgehead atoms. The van der Waals surface area contributed by atoms with Gasteiger partial charge in [0.15, 0.2) is 0 Å². The second-order valence-electron chi connectivity index (χ2n) is 4.76. The van der Waals surface area contributed by atoms with E-state index in [0.29, 0.717) is 0 Å². The van der Waals surface area contributed by atoms with E-state index in [9.17, 15) is 14.4 Å². The van der Waals surface area contributed by atoms with Crippen molar-refractivity contribution >= 4 is 29.1 Å². The molecule has 118 valence electrons. The highest BCUT2D eigenvalue weighted by Crippen LogP contribution is 2.22. The molecule has 0 radical (unpaired) electrons. The van der Waals surface area contributed by atoms with E-state index in [1.54, 1.807) is 24.3 Å². The van der Waals surface area contributed by atoms with Gasteiger partial charge in [0.1, 0.15) is 18.8 Å². The number of nitrogens with zero attached hydrogens (tertiary/aromatic N) is 1. The van der Waals surface area contributed by atoms with Gasteiger partial charge in [-0.3, -0.25) is 4.90 Å². The van der Waals surface area contributed by atoms with Gasteiger partial charge in [-0.05, 0) is 5.56 Å². The summed E-state index contributed by atoms with van der Waals surface area (Å²) < 4.78 is 9.84. The number of amides is 1. The average molecular weight is 328 g/mol. The van der Waals surface area contributed by atoms with E-state index >= 15 is 0 Å². The molecule has 22 heavy (non-hydrogen) atoms. The van der Waals surface area contributed by atoms with Crippen LogP contribution in [0.5, 0.6) is 0 Å². The van der Waals surface area contributed by atoms with Crippen LogP contribution in [0.1, 0.15) is 12.0 Å². The fourth-order valence-corrected chi connectivity index (χ4v) is 2.38. The van der Waals surface area contributed by atoms with Crippen molar-refractivity contribution < 1.29 is 29.0 Å². The normalized spacial score (nSPS) is 20.5. The van der Waals surface area contributed by atoms with Gasteiger partial charge in [0.2, 0.25) is 0 Å². The zero-order chi connectivity index (χ0) is 16.1. The van der Waals surface area contributed by atoms with Gasteiger partial charge in [0.05, 0.1) is 6.54 Å². The van der Waals surface area contributed by atoms with Crippen LogP contribution in [0.25, 0.3) is 0 Å². The van der Waals surface area contributed by atoms with Crippen LogP contribution >= 0.6 is 11.6 Å². The van der Waals surface area contributed by atoms with Crippen molar-refractivity contribution in [3.8, 4) is 0 Å². The van der Waals surface area contributed by atoms with Gasteiger partial charge in [-0.25, -0.2) is 14.4 Å². The first-order chi connectivity index (χ1) is 10.5. The molecule has 1 aliphatic rings. The van der Waals surface area contributed by atoms with Crippen LogP contribution in [0.4, 0.5) is 9.59 Å². The van der Waals surface area contributed by atoms with Gasteiger partial charge in [-0.1, -0.05) is 30.3 Å². The third kappa shape index (κ3) is 4.11. The number of hydrogen-bond acceptors (Lipinski definition) is 5. The van der Waals surface area contributed by atoms with E-state index in [4.69, 9.17) is 26.2 Å². The number of carboxylic acids is 1. The molecular formula is C14H14ClNO6. The number of hydrogen-bond donors (Lipinski definition) is 1. The zero-order valence-electron chi connectivity index (χ0n) is 11.5. The quantitative estimate of drug-likeness (QED) is 0.852. The third-order valence-electron chi connectivity index (χ3n) is 3.25. The molecule has 1 N–H and O–H groups in total. The van der Waals surface area contributed by atoms with E-state index in [0.717, 1.165) is 10.5 Å². The van der Waals surface area contributed by atoms with Crippen molar-refractivity contribution in [2.75, 3.05) is 6.54 Å². The molecule has 1 aromatic carbocycles. The summed E-state index contributed by atoms with van der Waals surface area (Å²) in [6.07, 6.45) is -1.55. The molecule has 8 heteroatoms. The minimum atomic E-state index is -1.19. The second-order valence-corrected chi connectivity index (χ2v) is 5.07. The average Bonchev–Trinajstić information content (AvgIpc) is 2.89. The maximum Gasteiger partial charge on any atom is 0.410 e. The number of carbonyl (C=O) groups is 3. The summed E-state index contributed by atoms with van der Waals surface area (Å²) in [5.74, 6) is -1.19. The fourth-order valence-electron chi connectivity index (χ4n) is 2.25. The molecule has 7 nitrogen and oxygen atoms in total. The largest absolute Gasteiger partial charge is 0.480 e. The molecule has 1 amide bonds. The number of carboxylic acid groups (broad SMARTS) is 1. The zero-order valence-corrected chi connectivity index (χ0v) is 12.2. The minimum absolute atomic E-state index is 0.0196. The molecule has 2 atom stereocenters. The Morgan fingerprint density at radius 3 is 2.55 bits per heavy atom. The number of ether oxygens (including phenoxy) is 2. The molecular weight excluding hydrogens is 314 g/mol. The van der Waals surface area contributed by atoms with Crippen molar-refractivity contribution in [2.45, 2.75) is 25.2 Å². The van der Waals surface area contributed by atoms with Crippen LogP contribution in [-0.2, 0) is 20.9 Å². The van der Waals surface area contributed by atoms with Crippen LogP contribution in [0.15, 0.2) is 30.3 Å². The van der Waals surface area contributed by atoms with Gasteiger partial charge >= 0.3 is 17.5 Å². The van der Waals surface area contributed by atoms with E-state index in [2.05, 4.69) is 0 Å². The summed E-state index contributed by atoms with van der Waals surface area (Å²) in [5, 5.41) is 9.15. The molecule has 1 unspecified atom stereocenters. The third-order valence-corrected chi connectivity index (χ3v) is 3.34. The lowest BCUT2D eigenvalue weighted by atomic mass is 10.2. The van der Waals surface area contributed by atoms with Crippen LogP contribution in [0.3, 0.4) is 0 Å². The smallest absolute Gasteiger partial charge is 0.410 e. The van der Waals surface area contributed by atoms with Crippen LogP contribution in [-0.4, -0.2) is 46.2 Å². The van der Waals surface area contributed by atoms with Gasteiger partial charge in [0.25, 0.3) is 0 Å². The van der Waals surface area contributed by atoms with E-state index in [1.165, 1.54) is 0 Å². The summed E-state index contributed by atoms with van der Waals surface area (Å²) in [6, 6.07) is 7.89. The molecule has 0 spiro atoms. The molecule has 1 heterocycles. The van der Waals surface area contributed by atoms with E-state index in [-0.39, 0.29) is 19.6 Å². The lowest BCUT2D eigenvalue weighted by Gasteiger charge is -2.20. The number of halogens is 1.